The van der Waals surface area contributed by atoms with Crippen LogP contribution < -0.4 is 4.74 Å². The first-order valence-electron chi connectivity index (χ1n) is 7.00. The number of likely N-dealkylation sites (tertiary alicyclic amines) is 1. The molecule has 112 valence electrons. The van der Waals surface area contributed by atoms with E-state index in [1.54, 1.807) is 7.11 Å². The fourth-order valence-corrected chi connectivity index (χ4v) is 3.11. The molecule has 4 nitrogen and oxygen atoms in total. The van der Waals surface area contributed by atoms with Crippen molar-refractivity contribution in [3.8, 4) is 5.75 Å². The fraction of sp³-hybridized carbons (Fsp3) is 0.600. The lowest BCUT2D eigenvalue weighted by atomic mass is 10.1. The summed E-state index contributed by atoms with van der Waals surface area (Å²) in [5.41, 5.74) is 1.28. The number of methoxy groups -OCH3 is 1. The highest BCUT2D eigenvalue weighted by atomic mass is 79.9. The van der Waals surface area contributed by atoms with Crippen molar-refractivity contribution in [2.45, 2.75) is 25.5 Å². The smallest absolute Gasteiger partial charge is 0.133 e. The number of halogens is 1. The molecule has 1 fully saturated rings. The molecule has 1 aliphatic heterocycles. The zero-order chi connectivity index (χ0) is 14.4. The minimum atomic E-state index is 0.111. The van der Waals surface area contributed by atoms with Crippen LogP contribution in [-0.2, 0) is 11.3 Å². The van der Waals surface area contributed by atoms with Crippen molar-refractivity contribution in [1.82, 2.24) is 4.90 Å². The van der Waals surface area contributed by atoms with Gasteiger partial charge in [0, 0.05) is 19.6 Å². The maximum absolute atomic E-state index is 8.76. The molecule has 1 heterocycles. The minimum absolute atomic E-state index is 0.111. The highest BCUT2D eigenvalue weighted by molar-refractivity contribution is 9.10. The van der Waals surface area contributed by atoms with Crippen LogP contribution in [0.15, 0.2) is 22.7 Å². The number of aliphatic hydroxyl groups excluding tert-OH is 1. The molecule has 1 saturated heterocycles. The van der Waals surface area contributed by atoms with Gasteiger partial charge < -0.3 is 14.6 Å². The fourth-order valence-electron chi connectivity index (χ4n) is 2.52. The van der Waals surface area contributed by atoms with Gasteiger partial charge in [-0.15, -0.1) is 0 Å². The molecule has 0 radical (unpaired) electrons. The van der Waals surface area contributed by atoms with Crippen LogP contribution in [0.1, 0.15) is 18.4 Å². The average Bonchev–Trinajstić information content (AvgIpc) is 2.47. The van der Waals surface area contributed by atoms with E-state index in [0.717, 1.165) is 42.7 Å². The van der Waals surface area contributed by atoms with E-state index in [0.29, 0.717) is 12.7 Å². The summed E-state index contributed by atoms with van der Waals surface area (Å²) in [4.78, 5) is 2.44. The van der Waals surface area contributed by atoms with E-state index >= 15 is 0 Å². The van der Waals surface area contributed by atoms with Crippen LogP contribution in [0, 0.1) is 0 Å². The molecule has 1 aliphatic rings. The highest BCUT2D eigenvalue weighted by Crippen LogP contribution is 2.26. The Labute approximate surface area is 128 Å². The van der Waals surface area contributed by atoms with Crippen molar-refractivity contribution in [2.75, 3.05) is 33.4 Å². The number of aliphatic hydroxyl groups is 1. The van der Waals surface area contributed by atoms with Crippen molar-refractivity contribution < 1.29 is 14.6 Å². The Balaban J connectivity index is 1.82. The molecule has 0 spiro atoms. The third-order valence-electron chi connectivity index (χ3n) is 3.60. The van der Waals surface area contributed by atoms with E-state index in [2.05, 4.69) is 33.0 Å². The first-order valence-corrected chi connectivity index (χ1v) is 7.79. The molecule has 0 saturated carbocycles. The van der Waals surface area contributed by atoms with Crippen molar-refractivity contribution in [1.29, 1.82) is 0 Å². The van der Waals surface area contributed by atoms with Crippen molar-refractivity contribution in [2.24, 2.45) is 0 Å². The second-order valence-corrected chi connectivity index (χ2v) is 5.89. The molecular formula is C15H22BrNO3. The summed E-state index contributed by atoms with van der Waals surface area (Å²) in [5.74, 6) is 0.866. The van der Waals surface area contributed by atoms with Gasteiger partial charge in [-0.1, -0.05) is 6.07 Å². The summed E-state index contributed by atoms with van der Waals surface area (Å²) in [6.45, 7) is 3.60. The molecule has 0 aliphatic carbocycles. The summed E-state index contributed by atoms with van der Waals surface area (Å²) >= 11 is 3.52. The first kappa shape index (κ1) is 15.8. The van der Waals surface area contributed by atoms with Crippen LogP contribution >= 0.6 is 15.9 Å². The van der Waals surface area contributed by atoms with Gasteiger partial charge in [-0.2, -0.15) is 0 Å². The van der Waals surface area contributed by atoms with Gasteiger partial charge in [0.25, 0.3) is 0 Å². The van der Waals surface area contributed by atoms with Gasteiger partial charge in [-0.25, -0.2) is 0 Å². The number of ether oxygens (including phenoxy) is 2. The molecule has 1 N–H and O–H groups in total. The van der Waals surface area contributed by atoms with Gasteiger partial charge in [0.1, 0.15) is 5.75 Å². The SMILES string of the molecule is COc1ccc(CN2CCC(OCCO)CC2)cc1Br. The van der Waals surface area contributed by atoms with Crippen LogP contribution in [0.4, 0.5) is 0 Å². The zero-order valence-corrected chi connectivity index (χ0v) is 13.4. The topological polar surface area (TPSA) is 41.9 Å². The molecular weight excluding hydrogens is 322 g/mol. The predicted molar refractivity (Wildman–Crippen MR) is 82.0 cm³/mol. The molecule has 20 heavy (non-hydrogen) atoms. The molecule has 0 amide bonds. The molecule has 5 heteroatoms. The number of hydrogen-bond acceptors (Lipinski definition) is 4. The third-order valence-corrected chi connectivity index (χ3v) is 4.22. The van der Waals surface area contributed by atoms with Crippen molar-refractivity contribution in [3.63, 3.8) is 0 Å². The lowest BCUT2D eigenvalue weighted by molar-refractivity contribution is -0.00901. The Hall–Kier alpha value is -0.620. The van der Waals surface area contributed by atoms with E-state index in [-0.39, 0.29) is 6.61 Å². The molecule has 1 aromatic carbocycles. The summed E-state index contributed by atoms with van der Waals surface area (Å²) in [7, 11) is 1.68. The minimum Gasteiger partial charge on any atom is -0.496 e. The lowest BCUT2D eigenvalue weighted by Gasteiger charge is -2.31. The van der Waals surface area contributed by atoms with Gasteiger partial charge in [0.15, 0.2) is 0 Å². The summed E-state index contributed by atoms with van der Waals surface area (Å²) in [6, 6.07) is 6.22. The molecule has 0 aromatic heterocycles. The zero-order valence-electron chi connectivity index (χ0n) is 11.8. The van der Waals surface area contributed by atoms with E-state index in [4.69, 9.17) is 14.6 Å². The standard InChI is InChI=1S/C15H22BrNO3/c1-19-15-3-2-12(10-14(15)16)11-17-6-4-13(5-7-17)20-9-8-18/h2-3,10,13,18H,4-9,11H2,1H3. The summed E-state index contributed by atoms with van der Waals surface area (Å²) in [5, 5.41) is 8.76. The quantitative estimate of drug-likeness (QED) is 0.861. The van der Waals surface area contributed by atoms with E-state index in [1.807, 2.05) is 6.07 Å². The Bertz CT molecular complexity index is 420. The Kier molecular flexibility index (Phi) is 6.29. The van der Waals surface area contributed by atoms with E-state index in [9.17, 15) is 0 Å². The maximum Gasteiger partial charge on any atom is 0.133 e. The molecule has 0 bridgehead atoms. The van der Waals surface area contributed by atoms with Gasteiger partial charge in [0.2, 0.25) is 0 Å². The summed E-state index contributed by atoms with van der Waals surface area (Å²) in [6.07, 6.45) is 2.38. The predicted octanol–water partition coefficient (Wildman–Crippen LogP) is 2.43. The van der Waals surface area contributed by atoms with Crippen LogP contribution in [0.25, 0.3) is 0 Å². The second kappa shape index (κ2) is 7.98. The van der Waals surface area contributed by atoms with Crippen molar-refractivity contribution in [3.05, 3.63) is 28.2 Å². The van der Waals surface area contributed by atoms with Crippen LogP contribution in [-0.4, -0.2) is 49.5 Å². The molecule has 2 rings (SSSR count). The van der Waals surface area contributed by atoms with Gasteiger partial charge in [-0.05, 0) is 46.5 Å². The van der Waals surface area contributed by atoms with Crippen LogP contribution in [0.3, 0.4) is 0 Å². The number of piperidine rings is 1. The number of benzene rings is 1. The van der Waals surface area contributed by atoms with Crippen molar-refractivity contribution >= 4 is 15.9 Å². The van der Waals surface area contributed by atoms with Gasteiger partial charge >= 0.3 is 0 Å². The van der Waals surface area contributed by atoms with E-state index in [1.165, 1.54) is 5.56 Å². The Morgan fingerprint density at radius 2 is 2.10 bits per heavy atom. The first-order chi connectivity index (χ1) is 9.72. The molecule has 0 unspecified atom stereocenters. The highest BCUT2D eigenvalue weighted by Gasteiger charge is 2.19. The van der Waals surface area contributed by atoms with Crippen LogP contribution in [0.2, 0.25) is 0 Å². The largest absolute Gasteiger partial charge is 0.496 e. The number of hydrogen-bond donors (Lipinski definition) is 1. The Morgan fingerprint density at radius 3 is 2.70 bits per heavy atom. The second-order valence-electron chi connectivity index (χ2n) is 5.04. The normalized spacial score (nSPS) is 17.4. The summed E-state index contributed by atoms with van der Waals surface area (Å²) < 4.78 is 11.8. The van der Waals surface area contributed by atoms with Gasteiger partial charge in [-0.3, -0.25) is 4.90 Å². The van der Waals surface area contributed by atoms with E-state index < -0.39 is 0 Å². The molecule has 0 atom stereocenters. The average molecular weight is 344 g/mol. The monoisotopic (exact) mass is 343 g/mol. The number of nitrogens with zero attached hydrogens (tertiary/aromatic N) is 1. The maximum atomic E-state index is 8.76. The lowest BCUT2D eigenvalue weighted by Crippen LogP contribution is -2.36. The molecule has 1 aromatic rings. The third kappa shape index (κ3) is 4.45. The van der Waals surface area contributed by atoms with Gasteiger partial charge in [0.05, 0.1) is 30.9 Å². The number of rotatable bonds is 6. The van der Waals surface area contributed by atoms with Crippen LogP contribution in [0.5, 0.6) is 5.75 Å². The Morgan fingerprint density at radius 1 is 1.35 bits per heavy atom.